The van der Waals surface area contributed by atoms with Crippen LogP contribution in [0.25, 0.3) is 5.70 Å². The van der Waals surface area contributed by atoms with Crippen LogP contribution in [0.3, 0.4) is 0 Å². The van der Waals surface area contributed by atoms with E-state index in [4.69, 9.17) is 33.7 Å². The Morgan fingerprint density at radius 3 is 2.63 bits per heavy atom. The highest BCUT2D eigenvalue weighted by molar-refractivity contribution is 7.52. The van der Waals surface area contributed by atoms with Gasteiger partial charge in [-0.05, 0) is 46.8 Å². The number of carbonyl (C=O) groups is 1. The Hall–Kier alpha value is -3.26. The first-order valence-corrected chi connectivity index (χ1v) is 14.6. The second-order valence-electron chi connectivity index (χ2n) is 10.2. The van der Waals surface area contributed by atoms with Gasteiger partial charge in [0.25, 0.3) is 0 Å². The molecule has 0 radical (unpaired) electrons. The van der Waals surface area contributed by atoms with Crippen LogP contribution in [0.15, 0.2) is 48.2 Å². The first-order chi connectivity index (χ1) is 19.3. The SMILES string of the molecule is C=C1NC(N)=Nc2c1ncn2C1OC(C)(C)OC1[C@@H](COP(=O)(N[C@@H](C)C(=O)OC(C)C)Oc1ccccc1)OC. The van der Waals surface area contributed by atoms with Crippen molar-refractivity contribution < 1.29 is 37.4 Å². The van der Waals surface area contributed by atoms with Crippen molar-refractivity contribution in [3.8, 4) is 5.75 Å². The molecule has 41 heavy (non-hydrogen) atoms. The minimum atomic E-state index is -4.15. The number of para-hydroxylation sites is 1. The maximum absolute atomic E-state index is 14.0. The zero-order valence-electron chi connectivity index (χ0n) is 23.9. The topological polar surface area (TPSA) is 170 Å². The Morgan fingerprint density at radius 2 is 1.98 bits per heavy atom. The van der Waals surface area contributed by atoms with E-state index in [1.807, 2.05) is 0 Å². The molecule has 1 fully saturated rings. The first-order valence-electron chi connectivity index (χ1n) is 13.0. The lowest BCUT2D eigenvalue weighted by Gasteiger charge is -2.29. The normalized spacial score (nSPS) is 22.7. The number of ether oxygens (including phenoxy) is 4. The number of nitrogens with one attached hydrogen (secondary N) is 2. The van der Waals surface area contributed by atoms with Crippen molar-refractivity contribution in [2.75, 3.05) is 13.7 Å². The molecule has 2 aliphatic heterocycles. The molecule has 224 valence electrons. The lowest BCUT2D eigenvalue weighted by Crippen LogP contribution is -2.40. The van der Waals surface area contributed by atoms with Crippen molar-refractivity contribution in [3.63, 3.8) is 0 Å². The highest BCUT2D eigenvalue weighted by atomic mass is 31.2. The Balaban J connectivity index is 1.58. The van der Waals surface area contributed by atoms with Crippen molar-refractivity contribution in [1.82, 2.24) is 20.0 Å². The standard InChI is InChI=1S/C26H37N6O8P/c1-15(2)37-24(33)17(4)31-41(34,40-18-11-9-8-10-12-18)36-13-19(35-7)21-23(39-26(5,6)38-21)32-14-28-20-16(3)29-25(27)30-22(20)32/h8-12,14-15,17,19,21,23H,3,13H2,1-2,4-7H3,(H,31,34)(H3,27,29,30)/t17-,19+,21?,23?,41?/m0/s1. The molecule has 0 saturated carbocycles. The maximum atomic E-state index is 14.0. The van der Waals surface area contributed by atoms with E-state index in [0.29, 0.717) is 17.2 Å². The number of aliphatic imine (C=N–C) groups is 1. The number of nitrogens with zero attached hydrogens (tertiary/aromatic N) is 3. The number of hydrogen-bond acceptors (Lipinski definition) is 12. The fraction of sp³-hybridized carbons (Fsp3) is 0.500. The fourth-order valence-electron chi connectivity index (χ4n) is 4.27. The summed E-state index contributed by atoms with van der Waals surface area (Å²) in [5, 5.41) is 5.52. The van der Waals surface area contributed by atoms with Crippen LogP contribution < -0.4 is 20.7 Å². The maximum Gasteiger partial charge on any atom is 0.459 e. The zero-order chi connectivity index (χ0) is 29.9. The third kappa shape index (κ3) is 7.34. The predicted octanol–water partition coefficient (Wildman–Crippen LogP) is 3.20. The molecule has 1 aromatic carbocycles. The molecule has 0 amide bonds. The fourth-order valence-corrected chi connectivity index (χ4v) is 5.77. The minimum Gasteiger partial charge on any atom is -0.462 e. The summed E-state index contributed by atoms with van der Waals surface area (Å²) in [4.78, 5) is 21.2. The molecule has 0 aliphatic carbocycles. The molecule has 0 spiro atoms. The smallest absolute Gasteiger partial charge is 0.459 e. The highest BCUT2D eigenvalue weighted by Crippen LogP contribution is 2.47. The van der Waals surface area contributed by atoms with Crippen LogP contribution in [0.5, 0.6) is 5.75 Å². The number of fused-ring (bicyclic) bond motifs is 1. The number of guanidine groups is 1. The van der Waals surface area contributed by atoms with E-state index in [9.17, 15) is 9.36 Å². The van der Waals surface area contributed by atoms with Gasteiger partial charge in [-0.25, -0.2) is 9.55 Å². The monoisotopic (exact) mass is 592 g/mol. The van der Waals surface area contributed by atoms with Crippen LogP contribution in [0.4, 0.5) is 5.82 Å². The van der Waals surface area contributed by atoms with Gasteiger partial charge in [0.05, 0.1) is 24.7 Å². The van der Waals surface area contributed by atoms with E-state index >= 15 is 0 Å². The van der Waals surface area contributed by atoms with E-state index in [2.05, 4.69) is 27.0 Å². The van der Waals surface area contributed by atoms with E-state index < -0.39 is 44.0 Å². The predicted molar refractivity (Wildman–Crippen MR) is 150 cm³/mol. The number of rotatable bonds is 12. The third-order valence-corrected chi connectivity index (χ3v) is 7.69. The molecule has 3 unspecified atom stereocenters. The van der Waals surface area contributed by atoms with E-state index in [0.717, 1.165) is 0 Å². The quantitative estimate of drug-likeness (QED) is 0.243. The van der Waals surface area contributed by atoms with E-state index in [1.54, 1.807) is 68.9 Å². The third-order valence-electron chi connectivity index (χ3n) is 6.04. The summed E-state index contributed by atoms with van der Waals surface area (Å²) in [5.74, 6) is -0.786. The lowest BCUT2D eigenvalue weighted by atomic mass is 10.2. The molecule has 4 rings (SSSR count). The van der Waals surface area contributed by atoms with Crippen LogP contribution in [0, 0.1) is 0 Å². The molecule has 0 bridgehead atoms. The Kier molecular flexibility index (Phi) is 9.22. The molecule has 2 aliphatic rings. The van der Waals surface area contributed by atoms with Crippen LogP contribution in [0.2, 0.25) is 0 Å². The van der Waals surface area contributed by atoms with Crippen molar-refractivity contribution in [2.24, 2.45) is 10.7 Å². The summed E-state index contributed by atoms with van der Waals surface area (Å²) >= 11 is 0. The van der Waals surface area contributed by atoms with Crippen LogP contribution >= 0.6 is 7.75 Å². The van der Waals surface area contributed by atoms with Gasteiger partial charge in [-0.3, -0.25) is 13.9 Å². The minimum absolute atomic E-state index is 0.154. The number of imidazole rings is 1. The number of methoxy groups -OCH3 is 1. The van der Waals surface area contributed by atoms with Crippen molar-refractivity contribution in [3.05, 3.63) is 48.9 Å². The van der Waals surface area contributed by atoms with Gasteiger partial charge in [0, 0.05) is 7.11 Å². The summed E-state index contributed by atoms with van der Waals surface area (Å²) < 4.78 is 50.7. The molecule has 2 aromatic rings. The van der Waals surface area contributed by atoms with E-state index in [-0.39, 0.29) is 24.4 Å². The van der Waals surface area contributed by atoms with E-state index in [1.165, 1.54) is 14.0 Å². The van der Waals surface area contributed by atoms with Crippen LogP contribution in [-0.2, 0) is 32.8 Å². The van der Waals surface area contributed by atoms with Gasteiger partial charge in [0.1, 0.15) is 29.7 Å². The Bertz CT molecular complexity index is 1330. The summed E-state index contributed by atoms with van der Waals surface area (Å²) in [6.07, 6.45) is -1.19. The van der Waals surface area contributed by atoms with Crippen molar-refractivity contribution in [2.45, 2.75) is 71.0 Å². The van der Waals surface area contributed by atoms with Gasteiger partial charge in [0.15, 0.2) is 23.8 Å². The molecule has 1 saturated heterocycles. The molecule has 4 N–H and O–H groups in total. The lowest BCUT2D eigenvalue weighted by molar-refractivity contribution is -0.162. The molecule has 14 nitrogen and oxygen atoms in total. The Morgan fingerprint density at radius 1 is 1.27 bits per heavy atom. The average molecular weight is 593 g/mol. The summed E-state index contributed by atoms with van der Waals surface area (Å²) in [5.41, 5.74) is 6.91. The van der Waals surface area contributed by atoms with Gasteiger partial charge in [-0.2, -0.15) is 10.1 Å². The number of esters is 1. The largest absolute Gasteiger partial charge is 0.462 e. The number of carbonyl (C=O) groups excluding carboxylic acids is 1. The molecular weight excluding hydrogens is 555 g/mol. The van der Waals surface area contributed by atoms with Gasteiger partial charge >= 0.3 is 13.7 Å². The summed E-state index contributed by atoms with van der Waals surface area (Å²) in [6.45, 7) is 12.1. The van der Waals surface area contributed by atoms with Crippen LogP contribution in [-0.4, -0.2) is 65.3 Å². The second kappa shape index (κ2) is 12.3. The van der Waals surface area contributed by atoms with Gasteiger partial charge in [-0.15, -0.1) is 0 Å². The second-order valence-corrected chi connectivity index (χ2v) is 11.9. The van der Waals surface area contributed by atoms with Crippen LogP contribution in [0.1, 0.15) is 46.5 Å². The number of benzene rings is 1. The number of nitrogens with two attached hydrogens (primary N) is 1. The zero-order valence-corrected chi connectivity index (χ0v) is 24.8. The van der Waals surface area contributed by atoms with Crippen molar-refractivity contribution in [1.29, 1.82) is 0 Å². The average Bonchev–Trinajstić information content (AvgIpc) is 3.44. The number of aromatic nitrogens is 2. The molecule has 1 aromatic heterocycles. The van der Waals surface area contributed by atoms with Gasteiger partial charge < -0.3 is 34.5 Å². The molecule has 15 heteroatoms. The van der Waals surface area contributed by atoms with Gasteiger partial charge in [0.2, 0.25) is 0 Å². The van der Waals surface area contributed by atoms with Gasteiger partial charge in [-0.1, -0.05) is 24.8 Å². The summed E-state index contributed by atoms with van der Waals surface area (Å²) in [7, 11) is -2.69. The first kappa shape index (κ1) is 30.7. The molecule has 5 atom stereocenters. The van der Waals surface area contributed by atoms with Crippen molar-refractivity contribution >= 4 is 31.2 Å². The molecule has 3 heterocycles. The highest BCUT2D eigenvalue weighted by Gasteiger charge is 2.48. The molecular formula is C26H37N6O8P. The number of hydrogen-bond donors (Lipinski definition) is 3. The Labute approximate surface area is 238 Å². The summed E-state index contributed by atoms with van der Waals surface area (Å²) in [6, 6.07) is 7.45.